The van der Waals surface area contributed by atoms with Crippen LogP contribution in [0.4, 0.5) is 0 Å². The fourth-order valence-electron chi connectivity index (χ4n) is 2.35. The first-order valence-electron chi connectivity index (χ1n) is 7.66. The number of aliphatic carboxylic acids is 1. The molecule has 0 heterocycles. The minimum absolute atomic E-state index is 0.369. The summed E-state index contributed by atoms with van der Waals surface area (Å²) in [5, 5.41) is 8.61. The summed E-state index contributed by atoms with van der Waals surface area (Å²) in [6, 6.07) is 14.1. The summed E-state index contributed by atoms with van der Waals surface area (Å²) in [6.07, 6.45) is 0.314. The summed E-state index contributed by atoms with van der Waals surface area (Å²) in [6.45, 7) is 3.73. The van der Waals surface area contributed by atoms with E-state index in [0.29, 0.717) is 17.2 Å². The van der Waals surface area contributed by atoms with Crippen LogP contribution < -0.4 is 0 Å². The van der Waals surface area contributed by atoms with Gasteiger partial charge < -0.3 is 9.84 Å². The zero-order valence-electron chi connectivity index (χ0n) is 13.9. The number of Topliss-reactive ketones (excluding diaryl/α,β-unsaturated/α-hetero) is 1. The van der Waals surface area contributed by atoms with Crippen molar-refractivity contribution >= 4 is 17.7 Å². The number of aryl methyl sites for hydroxylation is 2. The van der Waals surface area contributed by atoms with Gasteiger partial charge in [-0.05, 0) is 19.9 Å². The molecule has 0 radical (unpaired) electrons. The predicted octanol–water partition coefficient (Wildman–Crippen LogP) is 3.41. The summed E-state index contributed by atoms with van der Waals surface area (Å²) in [5.41, 5.74) is 2.77. The van der Waals surface area contributed by atoms with Crippen molar-refractivity contribution in [2.75, 3.05) is 0 Å². The number of carbonyl (C=O) groups excluding carboxylic acids is 2. The number of hydrogen-bond acceptors (Lipinski definition) is 4. The van der Waals surface area contributed by atoms with Gasteiger partial charge in [-0.25, -0.2) is 9.59 Å². The number of benzene rings is 2. The molecule has 0 fully saturated rings. The number of carboxylic acid groups (broad SMARTS) is 1. The van der Waals surface area contributed by atoms with Crippen LogP contribution in [0.2, 0.25) is 0 Å². The van der Waals surface area contributed by atoms with Crippen LogP contribution in [0.5, 0.6) is 0 Å². The third-order valence-corrected chi connectivity index (χ3v) is 3.48. The standard InChI is InChI=1S/C20H18O5/c1-13-5-3-7-15(11-13)19(24)20(16-8-4-6-14(2)12-16)25-18(23)10-9-17(21)22/h3-12,20H,1-2H3,(H,21,22)/b10-9+. The van der Waals surface area contributed by atoms with Crippen molar-refractivity contribution in [2.24, 2.45) is 0 Å². The van der Waals surface area contributed by atoms with Crippen molar-refractivity contribution in [3.8, 4) is 0 Å². The Kier molecular flexibility index (Phi) is 5.84. The van der Waals surface area contributed by atoms with Crippen molar-refractivity contribution < 1.29 is 24.2 Å². The fourth-order valence-corrected chi connectivity index (χ4v) is 2.35. The van der Waals surface area contributed by atoms with Gasteiger partial charge in [0, 0.05) is 23.3 Å². The first kappa shape index (κ1) is 18.1. The maximum atomic E-state index is 12.9. The third-order valence-electron chi connectivity index (χ3n) is 3.48. The van der Waals surface area contributed by atoms with Crippen molar-refractivity contribution in [1.82, 2.24) is 0 Å². The Morgan fingerprint density at radius 1 is 0.960 bits per heavy atom. The zero-order valence-corrected chi connectivity index (χ0v) is 13.9. The second kappa shape index (κ2) is 8.06. The highest BCUT2D eigenvalue weighted by Crippen LogP contribution is 2.24. The number of carboxylic acids is 1. The molecule has 0 amide bonds. The van der Waals surface area contributed by atoms with Gasteiger partial charge in [-0.1, -0.05) is 53.6 Å². The normalized spacial score (nSPS) is 11.9. The monoisotopic (exact) mass is 338 g/mol. The van der Waals surface area contributed by atoms with Crippen molar-refractivity contribution in [1.29, 1.82) is 0 Å². The van der Waals surface area contributed by atoms with Crippen LogP contribution in [0.15, 0.2) is 60.7 Å². The second-order valence-electron chi connectivity index (χ2n) is 5.64. The van der Waals surface area contributed by atoms with E-state index in [0.717, 1.165) is 17.2 Å². The Morgan fingerprint density at radius 3 is 2.20 bits per heavy atom. The van der Waals surface area contributed by atoms with E-state index < -0.39 is 18.0 Å². The van der Waals surface area contributed by atoms with Gasteiger partial charge in [-0.2, -0.15) is 0 Å². The molecule has 1 atom stereocenters. The summed E-state index contributed by atoms with van der Waals surface area (Å²) in [5.74, 6) is -2.53. The molecule has 0 aromatic heterocycles. The van der Waals surface area contributed by atoms with Gasteiger partial charge in [-0.3, -0.25) is 4.79 Å². The van der Waals surface area contributed by atoms with Crippen molar-refractivity contribution in [3.63, 3.8) is 0 Å². The summed E-state index contributed by atoms with van der Waals surface area (Å²) >= 11 is 0. The summed E-state index contributed by atoms with van der Waals surface area (Å²) in [4.78, 5) is 35.3. The smallest absolute Gasteiger partial charge is 0.332 e. The molecule has 0 saturated carbocycles. The maximum Gasteiger partial charge on any atom is 0.332 e. The first-order valence-corrected chi connectivity index (χ1v) is 7.66. The third kappa shape index (κ3) is 5.14. The molecule has 1 unspecified atom stereocenters. The highest BCUT2D eigenvalue weighted by molar-refractivity contribution is 6.02. The van der Waals surface area contributed by atoms with Crippen LogP contribution in [0.3, 0.4) is 0 Å². The van der Waals surface area contributed by atoms with Crippen LogP contribution in [-0.2, 0) is 14.3 Å². The molecule has 25 heavy (non-hydrogen) atoms. The van der Waals surface area contributed by atoms with Gasteiger partial charge in [0.05, 0.1) is 0 Å². The number of rotatable bonds is 6. The van der Waals surface area contributed by atoms with E-state index in [1.165, 1.54) is 0 Å². The molecule has 0 aliphatic heterocycles. The summed E-state index contributed by atoms with van der Waals surface area (Å²) in [7, 11) is 0. The predicted molar refractivity (Wildman–Crippen MR) is 92.3 cm³/mol. The minimum Gasteiger partial charge on any atom is -0.478 e. The van der Waals surface area contributed by atoms with Gasteiger partial charge in [-0.15, -0.1) is 0 Å². The van der Waals surface area contributed by atoms with Gasteiger partial charge in [0.25, 0.3) is 0 Å². The molecule has 0 spiro atoms. The lowest BCUT2D eigenvalue weighted by Gasteiger charge is -2.17. The maximum absolute atomic E-state index is 12.9. The first-order chi connectivity index (χ1) is 11.9. The Bertz CT molecular complexity index is 835. The van der Waals surface area contributed by atoms with Crippen LogP contribution in [0, 0.1) is 13.8 Å². The van der Waals surface area contributed by atoms with E-state index in [1.807, 2.05) is 26.0 Å². The zero-order chi connectivity index (χ0) is 18.4. The van der Waals surface area contributed by atoms with E-state index in [2.05, 4.69) is 0 Å². The number of ketones is 1. The van der Waals surface area contributed by atoms with E-state index in [-0.39, 0.29) is 5.78 Å². The molecule has 0 bridgehead atoms. The highest BCUT2D eigenvalue weighted by atomic mass is 16.5. The van der Waals surface area contributed by atoms with Gasteiger partial charge >= 0.3 is 11.9 Å². The highest BCUT2D eigenvalue weighted by Gasteiger charge is 2.25. The van der Waals surface area contributed by atoms with Gasteiger partial charge in [0.15, 0.2) is 6.10 Å². The van der Waals surface area contributed by atoms with Crippen LogP contribution in [0.25, 0.3) is 0 Å². The largest absolute Gasteiger partial charge is 0.478 e. The molecule has 1 N–H and O–H groups in total. The second-order valence-corrected chi connectivity index (χ2v) is 5.64. The molecule has 2 aromatic carbocycles. The molecule has 2 aromatic rings. The molecular formula is C20H18O5. The van der Waals surface area contributed by atoms with Gasteiger partial charge in [0.2, 0.25) is 5.78 Å². The minimum atomic E-state index is -1.27. The molecule has 0 aliphatic rings. The molecule has 128 valence electrons. The van der Waals surface area contributed by atoms with Crippen LogP contribution >= 0.6 is 0 Å². The molecular weight excluding hydrogens is 320 g/mol. The summed E-state index contributed by atoms with van der Waals surface area (Å²) < 4.78 is 5.26. The average Bonchev–Trinajstić information content (AvgIpc) is 2.57. The number of ether oxygens (including phenoxy) is 1. The Morgan fingerprint density at radius 2 is 1.60 bits per heavy atom. The van der Waals surface area contributed by atoms with Crippen molar-refractivity contribution in [3.05, 3.63) is 82.9 Å². The Balaban J connectivity index is 2.36. The Hall–Kier alpha value is -3.21. The lowest BCUT2D eigenvalue weighted by molar-refractivity contribution is -0.142. The van der Waals surface area contributed by atoms with Crippen LogP contribution in [-0.4, -0.2) is 22.8 Å². The lowest BCUT2D eigenvalue weighted by atomic mass is 9.97. The van der Waals surface area contributed by atoms with Gasteiger partial charge in [0.1, 0.15) is 0 Å². The molecule has 0 aliphatic carbocycles. The Labute approximate surface area is 145 Å². The molecule has 0 saturated heterocycles. The van der Waals surface area contributed by atoms with E-state index in [4.69, 9.17) is 9.84 Å². The topological polar surface area (TPSA) is 80.7 Å². The lowest BCUT2D eigenvalue weighted by Crippen LogP contribution is -2.19. The number of carbonyl (C=O) groups is 3. The number of hydrogen-bond donors (Lipinski definition) is 1. The van der Waals surface area contributed by atoms with E-state index in [9.17, 15) is 14.4 Å². The van der Waals surface area contributed by atoms with E-state index >= 15 is 0 Å². The van der Waals surface area contributed by atoms with Crippen molar-refractivity contribution in [2.45, 2.75) is 20.0 Å². The van der Waals surface area contributed by atoms with Crippen LogP contribution in [0.1, 0.15) is 33.2 Å². The average molecular weight is 338 g/mol. The fraction of sp³-hybridized carbons (Fsp3) is 0.150. The molecule has 5 nitrogen and oxygen atoms in total. The molecule has 2 rings (SSSR count). The molecule has 5 heteroatoms. The van der Waals surface area contributed by atoms with E-state index in [1.54, 1.807) is 36.4 Å². The number of esters is 1. The SMILES string of the molecule is Cc1cccc(C(=O)C(OC(=O)/C=C/C(=O)O)c2cccc(C)c2)c1. The quantitative estimate of drug-likeness (QED) is 0.496.